The minimum absolute atomic E-state index is 0.283. The molecule has 0 spiro atoms. The summed E-state index contributed by atoms with van der Waals surface area (Å²) in [5.74, 6) is -0.131. The first-order valence-electron chi connectivity index (χ1n) is 9.01. The fourth-order valence-corrected chi connectivity index (χ4v) is 3.09. The number of rotatable bonds is 8. The summed E-state index contributed by atoms with van der Waals surface area (Å²) in [6.07, 6.45) is 0. The molecule has 0 radical (unpaired) electrons. The summed E-state index contributed by atoms with van der Waals surface area (Å²) in [6, 6.07) is 20.7. The molecule has 2 N–H and O–H groups in total. The second kappa shape index (κ2) is 9.40. The van der Waals surface area contributed by atoms with Gasteiger partial charge in [0, 0.05) is 23.7 Å². The Hall–Kier alpha value is -2.82. The molecular formula is C23H22ClNO3. The zero-order valence-corrected chi connectivity index (χ0v) is 16.4. The van der Waals surface area contributed by atoms with Crippen LogP contribution in [0.3, 0.4) is 0 Å². The first-order chi connectivity index (χ1) is 13.5. The molecule has 0 amide bonds. The predicted octanol–water partition coefficient (Wildman–Crippen LogP) is 5.22. The second-order valence-electron chi connectivity index (χ2n) is 6.64. The number of benzene rings is 3. The molecule has 3 aromatic rings. The highest BCUT2D eigenvalue weighted by Crippen LogP contribution is 2.24. The van der Waals surface area contributed by atoms with Gasteiger partial charge in [-0.1, -0.05) is 53.6 Å². The van der Waals surface area contributed by atoms with Gasteiger partial charge < -0.3 is 15.2 Å². The van der Waals surface area contributed by atoms with Gasteiger partial charge in [-0.2, -0.15) is 0 Å². The van der Waals surface area contributed by atoms with Gasteiger partial charge in [0.05, 0.1) is 5.56 Å². The van der Waals surface area contributed by atoms with Gasteiger partial charge >= 0.3 is 5.97 Å². The zero-order valence-electron chi connectivity index (χ0n) is 15.6. The standard InChI is InChI=1S/C23H22ClNO3/c1-16-3-2-4-18(11-16)15-28-22-10-9-21(24)12-20(22)14-25-13-17-5-7-19(8-6-17)23(26)27/h2-12,25H,13-15H2,1H3,(H,26,27). The van der Waals surface area contributed by atoms with Crippen LogP contribution >= 0.6 is 11.6 Å². The molecule has 0 saturated carbocycles. The largest absolute Gasteiger partial charge is 0.489 e. The summed E-state index contributed by atoms with van der Waals surface area (Å²) in [5, 5.41) is 13.0. The Morgan fingerprint density at radius 3 is 2.50 bits per heavy atom. The van der Waals surface area contributed by atoms with Crippen molar-refractivity contribution in [2.24, 2.45) is 0 Å². The summed E-state index contributed by atoms with van der Waals surface area (Å²) in [5.41, 5.74) is 4.59. The molecule has 5 heteroatoms. The first kappa shape index (κ1) is 19.9. The molecule has 0 aliphatic carbocycles. The van der Waals surface area contributed by atoms with Gasteiger partial charge in [0.1, 0.15) is 12.4 Å². The number of carboxylic acids is 1. The van der Waals surface area contributed by atoms with Crippen LogP contribution in [0.4, 0.5) is 0 Å². The Morgan fingerprint density at radius 2 is 1.79 bits per heavy atom. The van der Waals surface area contributed by atoms with E-state index in [1.807, 2.05) is 42.5 Å². The van der Waals surface area contributed by atoms with Gasteiger partial charge in [-0.25, -0.2) is 4.79 Å². The lowest BCUT2D eigenvalue weighted by Gasteiger charge is -2.13. The monoisotopic (exact) mass is 395 g/mol. The molecule has 0 aliphatic rings. The molecular weight excluding hydrogens is 374 g/mol. The molecule has 0 fully saturated rings. The molecule has 0 unspecified atom stereocenters. The topological polar surface area (TPSA) is 58.6 Å². The fourth-order valence-electron chi connectivity index (χ4n) is 2.90. The van der Waals surface area contributed by atoms with Crippen LogP contribution in [-0.4, -0.2) is 11.1 Å². The first-order valence-corrected chi connectivity index (χ1v) is 9.39. The van der Waals surface area contributed by atoms with Crippen molar-refractivity contribution in [2.75, 3.05) is 0 Å². The van der Waals surface area contributed by atoms with Crippen molar-refractivity contribution in [3.8, 4) is 5.75 Å². The van der Waals surface area contributed by atoms with E-state index < -0.39 is 5.97 Å². The van der Waals surface area contributed by atoms with Crippen molar-refractivity contribution >= 4 is 17.6 Å². The van der Waals surface area contributed by atoms with Crippen LogP contribution < -0.4 is 10.1 Å². The number of hydrogen-bond donors (Lipinski definition) is 2. The minimum atomic E-state index is -0.922. The van der Waals surface area contributed by atoms with Gasteiger partial charge in [0.15, 0.2) is 0 Å². The molecule has 0 saturated heterocycles. The minimum Gasteiger partial charge on any atom is -0.489 e. The summed E-state index contributed by atoms with van der Waals surface area (Å²) in [6.45, 7) is 3.76. The number of nitrogens with one attached hydrogen (secondary N) is 1. The van der Waals surface area contributed by atoms with Crippen molar-refractivity contribution in [3.63, 3.8) is 0 Å². The average molecular weight is 396 g/mol. The molecule has 4 nitrogen and oxygen atoms in total. The number of hydrogen-bond acceptors (Lipinski definition) is 3. The van der Waals surface area contributed by atoms with Gasteiger partial charge in [0.25, 0.3) is 0 Å². The van der Waals surface area contributed by atoms with Gasteiger partial charge in [-0.3, -0.25) is 0 Å². The van der Waals surface area contributed by atoms with Gasteiger partial charge in [-0.05, 0) is 48.4 Å². The third-order valence-corrected chi connectivity index (χ3v) is 4.58. The molecule has 3 aromatic carbocycles. The summed E-state index contributed by atoms with van der Waals surface area (Å²) < 4.78 is 6.01. The van der Waals surface area contributed by atoms with Crippen molar-refractivity contribution in [1.29, 1.82) is 0 Å². The Bertz CT molecular complexity index is 954. The van der Waals surface area contributed by atoms with Crippen molar-refractivity contribution in [2.45, 2.75) is 26.6 Å². The molecule has 0 aliphatic heterocycles. The maximum Gasteiger partial charge on any atom is 0.335 e. The SMILES string of the molecule is Cc1cccc(COc2ccc(Cl)cc2CNCc2ccc(C(=O)O)cc2)c1. The van der Waals surface area contributed by atoms with Crippen LogP contribution in [0.5, 0.6) is 5.75 Å². The van der Waals surface area contributed by atoms with E-state index in [9.17, 15) is 4.79 Å². The van der Waals surface area contributed by atoms with Crippen molar-refractivity contribution < 1.29 is 14.6 Å². The van der Waals surface area contributed by atoms with Gasteiger partial charge in [0.2, 0.25) is 0 Å². The van der Waals surface area contributed by atoms with Crippen LogP contribution in [0, 0.1) is 6.92 Å². The third kappa shape index (κ3) is 5.59. The lowest BCUT2D eigenvalue weighted by molar-refractivity contribution is 0.0697. The molecule has 0 atom stereocenters. The van der Waals surface area contributed by atoms with E-state index in [0.717, 1.165) is 22.4 Å². The molecule has 28 heavy (non-hydrogen) atoms. The Kier molecular flexibility index (Phi) is 6.69. The number of aromatic carboxylic acids is 1. The number of aryl methyl sites for hydroxylation is 1. The predicted molar refractivity (Wildman–Crippen MR) is 111 cm³/mol. The molecule has 144 valence electrons. The highest BCUT2D eigenvalue weighted by atomic mass is 35.5. The lowest BCUT2D eigenvalue weighted by Crippen LogP contribution is -2.14. The van der Waals surface area contributed by atoms with Crippen molar-refractivity contribution in [1.82, 2.24) is 5.32 Å². The highest BCUT2D eigenvalue weighted by molar-refractivity contribution is 6.30. The maximum absolute atomic E-state index is 10.9. The number of carboxylic acid groups (broad SMARTS) is 1. The Morgan fingerprint density at radius 1 is 1.00 bits per heavy atom. The van der Waals surface area contributed by atoms with E-state index in [0.29, 0.717) is 24.7 Å². The fraction of sp³-hybridized carbons (Fsp3) is 0.174. The molecule has 0 aromatic heterocycles. The summed E-state index contributed by atoms with van der Waals surface area (Å²) >= 11 is 6.16. The van der Waals surface area contributed by atoms with E-state index in [2.05, 4.69) is 24.4 Å². The second-order valence-corrected chi connectivity index (χ2v) is 7.07. The molecule has 3 rings (SSSR count). The van der Waals surface area contributed by atoms with Crippen LogP contribution in [0.15, 0.2) is 66.7 Å². The summed E-state index contributed by atoms with van der Waals surface area (Å²) in [4.78, 5) is 10.9. The van der Waals surface area contributed by atoms with Crippen molar-refractivity contribution in [3.05, 3.63) is 99.6 Å². The smallest absolute Gasteiger partial charge is 0.335 e. The van der Waals surface area contributed by atoms with Crippen LogP contribution in [0.1, 0.15) is 32.6 Å². The number of ether oxygens (including phenoxy) is 1. The Labute approximate surface area is 169 Å². The molecule has 0 heterocycles. The quantitative estimate of drug-likeness (QED) is 0.549. The number of carbonyl (C=O) groups is 1. The van der Waals surface area contributed by atoms with E-state index in [-0.39, 0.29) is 5.56 Å². The van der Waals surface area contributed by atoms with E-state index >= 15 is 0 Å². The number of halogens is 1. The lowest BCUT2D eigenvalue weighted by atomic mass is 10.1. The molecule has 0 bridgehead atoms. The third-order valence-electron chi connectivity index (χ3n) is 4.34. The van der Waals surface area contributed by atoms with E-state index in [1.54, 1.807) is 12.1 Å². The van der Waals surface area contributed by atoms with Crippen LogP contribution in [-0.2, 0) is 19.7 Å². The van der Waals surface area contributed by atoms with Crippen LogP contribution in [0.25, 0.3) is 0 Å². The summed E-state index contributed by atoms with van der Waals surface area (Å²) in [7, 11) is 0. The van der Waals surface area contributed by atoms with Crippen LogP contribution in [0.2, 0.25) is 5.02 Å². The van der Waals surface area contributed by atoms with E-state index in [1.165, 1.54) is 5.56 Å². The van der Waals surface area contributed by atoms with E-state index in [4.69, 9.17) is 21.4 Å². The average Bonchev–Trinajstić information content (AvgIpc) is 2.68. The van der Waals surface area contributed by atoms with Gasteiger partial charge in [-0.15, -0.1) is 0 Å². The maximum atomic E-state index is 10.9. The highest BCUT2D eigenvalue weighted by Gasteiger charge is 2.07. The Balaban J connectivity index is 1.61. The normalized spacial score (nSPS) is 10.6. The zero-order chi connectivity index (χ0) is 19.9.